The molecule has 0 N–H and O–H groups in total. The molecule has 2 atom stereocenters. The van der Waals surface area contributed by atoms with E-state index < -0.39 is 20.4 Å². The standard InChI is InChI=1S/C15H34O5P2/c1-11(2)10-15(21(9,16)18-12(3)4)22(17,19-13(5)6)20-14(7)8/h11-15H,10H2,1-9H3. The van der Waals surface area contributed by atoms with Gasteiger partial charge in [-0.1, -0.05) is 13.8 Å². The number of hydrogen-bond donors (Lipinski definition) is 0. The van der Waals surface area contributed by atoms with Crippen LogP contribution in [0.5, 0.6) is 0 Å². The maximum atomic E-state index is 13.4. The van der Waals surface area contributed by atoms with Crippen molar-refractivity contribution < 1.29 is 22.7 Å². The minimum atomic E-state index is -3.56. The van der Waals surface area contributed by atoms with Gasteiger partial charge in [-0.2, -0.15) is 0 Å². The summed E-state index contributed by atoms with van der Waals surface area (Å²) in [6.45, 7) is 16.4. The molecule has 0 fully saturated rings. The zero-order valence-electron chi connectivity index (χ0n) is 15.5. The third-order valence-electron chi connectivity index (χ3n) is 2.72. The van der Waals surface area contributed by atoms with Crippen LogP contribution < -0.4 is 0 Å². The Kier molecular flexibility index (Phi) is 9.13. The lowest BCUT2D eigenvalue weighted by Crippen LogP contribution is -2.22. The van der Waals surface area contributed by atoms with Gasteiger partial charge in [0.15, 0.2) is 0 Å². The second-order valence-electron chi connectivity index (χ2n) is 7.02. The van der Waals surface area contributed by atoms with E-state index in [0.717, 1.165) is 0 Å². The molecule has 5 nitrogen and oxygen atoms in total. The van der Waals surface area contributed by atoms with Crippen LogP contribution in [0.1, 0.15) is 61.8 Å². The Morgan fingerprint density at radius 1 is 0.727 bits per heavy atom. The first-order valence-electron chi connectivity index (χ1n) is 8.02. The molecule has 0 saturated carbocycles. The largest absolute Gasteiger partial charge is 0.343 e. The maximum absolute atomic E-state index is 13.4. The smallest absolute Gasteiger partial charge is 0.325 e. The van der Waals surface area contributed by atoms with Crippen LogP contribution in [0, 0.1) is 5.92 Å². The van der Waals surface area contributed by atoms with E-state index in [1.54, 1.807) is 34.4 Å². The molecule has 0 aromatic rings. The predicted molar refractivity (Wildman–Crippen MR) is 93.0 cm³/mol. The van der Waals surface area contributed by atoms with Gasteiger partial charge in [-0.05, 0) is 53.9 Å². The van der Waals surface area contributed by atoms with Crippen molar-refractivity contribution in [3.05, 3.63) is 0 Å². The van der Waals surface area contributed by atoms with E-state index in [1.165, 1.54) is 0 Å². The molecule has 7 heteroatoms. The molecule has 0 rings (SSSR count). The number of rotatable bonds is 10. The second kappa shape index (κ2) is 8.99. The van der Waals surface area contributed by atoms with Crippen molar-refractivity contribution in [1.29, 1.82) is 0 Å². The van der Waals surface area contributed by atoms with Gasteiger partial charge in [-0.3, -0.25) is 9.13 Å². The van der Waals surface area contributed by atoms with Crippen molar-refractivity contribution in [2.45, 2.75) is 85.5 Å². The van der Waals surface area contributed by atoms with Gasteiger partial charge in [-0.15, -0.1) is 0 Å². The lowest BCUT2D eigenvalue weighted by molar-refractivity contribution is 0.137. The highest BCUT2D eigenvalue weighted by molar-refractivity contribution is 7.74. The van der Waals surface area contributed by atoms with Gasteiger partial charge < -0.3 is 13.6 Å². The minimum Gasteiger partial charge on any atom is -0.325 e. The normalized spacial score (nSPS) is 17.5. The van der Waals surface area contributed by atoms with Crippen molar-refractivity contribution in [1.82, 2.24) is 0 Å². The summed E-state index contributed by atoms with van der Waals surface area (Å²) in [5, 5.41) is -0.743. The molecular weight excluding hydrogens is 322 g/mol. The van der Waals surface area contributed by atoms with Gasteiger partial charge in [0, 0.05) is 6.66 Å². The molecule has 0 aliphatic rings. The Morgan fingerprint density at radius 3 is 1.36 bits per heavy atom. The van der Waals surface area contributed by atoms with Crippen LogP contribution >= 0.6 is 15.0 Å². The van der Waals surface area contributed by atoms with E-state index in [-0.39, 0.29) is 24.2 Å². The molecule has 0 spiro atoms. The second-order valence-corrected chi connectivity index (χ2v) is 12.2. The Morgan fingerprint density at radius 2 is 1.09 bits per heavy atom. The monoisotopic (exact) mass is 356 g/mol. The van der Waals surface area contributed by atoms with Crippen molar-refractivity contribution >= 4 is 15.0 Å². The van der Waals surface area contributed by atoms with E-state index in [9.17, 15) is 9.13 Å². The van der Waals surface area contributed by atoms with Crippen molar-refractivity contribution in [3.63, 3.8) is 0 Å². The molecule has 0 aromatic carbocycles. The first-order valence-corrected chi connectivity index (χ1v) is 11.8. The fraction of sp³-hybridized carbons (Fsp3) is 1.00. The molecular formula is C15H34O5P2. The van der Waals surface area contributed by atoms with Gasteiger partial charge in [-0.25, -0.2) is 0 Å². The predicted octanol–water partition coefficient (Wildman–Crippen LogP) is 5.73. The first-order chi connectivity index (χ1) is 9.80. The number of hydrogen-bond acceptors (Lipinski definition) is 5. The third-order valence-corrected chi connectivity index (χ3v) is 9.34. The van der Waals surface area contributed by atoms with Crippen LogP contribution in [0.2, 0.25) is 0 Å². The zero-order valence-corrected chi connectivity index (χ0v) is 17.3. The van der Waals surface area contributed by atoms with Gasteiger partial charge in [0.2, 0.25) is 7.37 Å². The molecule has 0 bridgehead atoms. The fourth-order valence-electron chi connectivity index (χ4n) is 2.24. The molecule has 0 saturated heterocycles. The van der Waals surface area contributed by atoms with Gasteiger partial charge in [0.25, 0.3) is 0 Å². The van der Waals surface area contributed by atoms with Gasteiger partial charge in [0.1, 0.15) is 5.40 Å². The topological polar surface area (TPSA) is 61.8 Å². The van der Waals surface area contributed by atoms with Crippen LogP contribution in [-0.4, -0.2) is 30.4 Å². The van der Waals surface area contributed by atoms with E-state index in [1.807, 2.05) is 27.7 Å². The highest BCUT2D eigenvalue weighted by Gasteiger charge is 2.48. The summed E-state index contributed by atoms with van der Waals surface area (Å²) in [6, 6.07) is 0. The maximum Gasteiger partial charge on any atom is 0.343 e. The van der Waals surface area contributed by atoms with Crippen LogP contribution in [0.15, 0.2) is 0 Å². The van der Waals surface area contributed by atoms with Crippen LogP contribution in [0.4, 0.5) is 0 Å². The molecule has 0 heterocycles. The summed E-state index contributed by atoms with van der Waals surface area (Å²) in [5.74, 6) is 0.203. The van der Waals surface area contributed by atoms with Crippen molar-refractivity contribution in [2.75, 3.05) is 6.66 Å². The highest BCUT2D eigenvalue weighted by Crippen LogP contribution is 2.71. The summed E-state index contributed by atoms with van der Waals surface area (Å²) in [5.41, 5.74) is 0. The fourth-order valence-corrected chi connectivity index (χ4v) is 8.75. The van der Waals surface area contributed by atoms with Crippen LogP contribution in [0.3, 0.4) is 0 Å². The average Bonchev–Trinajstić information content (AvgIpc) is 2.20. The zero-order chi connectivity index (χ0) is 17.7. The Labute approximate surface area is 136 Å². The SMILES string of the molecule is CC(C)CC(P(C)(=O)OC(C)C)P(=O)(OC(C)C)OC(C)C. The third kappa shape index (κ3) is 7.75. The molecule has 0 aliphatic carbocycles. The van der Waals surface area contributed by atoms with E-state index >= 15 is 0 Å². The molecule has 0 aromatic heterocycles. The quantitative estimate of drug-likeness (QED) is 0.467. The van der Waals surface area contributed by atoms with Crippen molar-refractivity contribution in [3.8, 4) is 0 Å². The summed E-state index contributed by atoms with van der Waals surface area (Å²) < 4.78 is 43.5. The molecule has 0 amide bonds. The molecule has 0 radical (unpaired) electrons. The Hall–Kier alpha value is 0.340. The lowest BCUT2D eigenvalue weighted by Gasteiger charge is -2.34. The van der Waals surface area contributed by atoms with E-state index in [2.05, 4.69) is 0 Å². The van der Waals surface area contributed by atoms with E-state index in [0.29, 0.717) is 6.42 Å². The van der Waals surface area contributed by atoms with E-state index in [4.69, 9.17) is 13.6 Å². The molecule has 2 unspecified atom stereocenters. The highest BCUT2D eigenvalue weighted by atomic mass is 31.2. The van der Waals surface area contributed by atoms with Gasteiger partial charge in [0.05, 0.1) is 18.3 Å². The summed E-state index contributed by atoms with van der Waals surface area (Å²) >= 11 is 0. The van der Waals surface area contributed by atoms with Crippen LogP contribution in [0.25, 0.3) is 0 Å². The first kappa shape index (κ1) is 22.3. The van der Waals surface area contributed by atoms with Crippen LogP contribution in [-0.2, 0) is 22.7 Å². The van der Waals surface area contributed by atoms with Gasteiger partial charge >= 0.3 is 7.60 Å². The molecule has 0 aliphatic heterocycles. The van der Waals surface area contributed by atoms with Crippen molar-refractivity contribution in [2.24, 2.45) is 5.92 Å². The molecule has 22 heavy (non-hydrogen) atoms. The molecule has 134 valence electrons. The summed E-state index contributed by atoms with van der Waals surface area (Å²) in [7, 11) is -6.72. The Balaban J connectivity index is 5.76. The summed E-state index contributed by atoms with van der Waals surface area (Å²) in [4.78, 5) is 0. The minimum absolute atomic E-state index is 0.203. The lowest BCUT2D eigenvalue weighted by atomic mass is 10.2. The summed E-state index contributed by atoms with van der Waals surface area (Å²) in [6.07, 6.45) is -0.300. The Bertz CT molecular complexity index is 404. The average molecular weight is 356 g/mol.